The summed E-state index contributed by atoms with van der Waals surface area (Å²) in [5.74, 6) is 0.206. The fourth-order valence-corrected chi connectivity index (χ4v) is 1.49. The number of rotatable bonds is 4. The molecule has 4 heteroatoms. The molecular formula is C10H12F2OS. The van der Waals surface area contributed by atoms with Crippen LogP contribution in [-0.2, 0) is 0 Å². The van der Waals surface area contributed by atoms with E-state index in [0.717, 1.165) is 5.56 Å². The molecule has 1 aromatic carbocycles. The Kier molecular flexibility index (Phi) is 4.20. The van der Waals surface area contributed by atoms with Crippen LogP contribution in [0.1, 0.15) is 17.7 Å². The molecule has 78 valence electrons. The molecule has 0 spiro atoms. The van der Waals surface area contributed by atoms with Gasteiger partial charge in [0.25, 0.3) is 0 Å². The Morgan fingerprint density at radius 2 is 1.79 bits per heavy atom. The number of alkyl halides is 2. The minimum Gasteiger partial charge on any atom is -0.435 e. The van der Waals surface area contributed by atoms with Crippen LogP contribution < -0.4 is 4.74 Å². The van der Waals surface area contributed by atoms with Crippen LogP contribution in [0.2, 0.25) is 0 Å². The standard InChI is InChI=1S/C10H12F2OS/c1-7(14-2)8-3-5-9(6-4-8)13-10(11)12/h3-7,10H,1-2H3. The molecule has 0 saturated carbocycles. The van der Waals surface area contributed by atoms with E-state index in [4.69, 9.17) is 0 Å². The first-order chi connectivity index (χ1) is 6.63. The van der Waals surface area contributed by atoms with E-state index in [0.29, 0.717) is 5.25 Å². The highest BCUT2D eigenvalue weighted by Gasteiger charge is 2.06. The number of halogens is 2. The number of hydrogen-bond donors (Lipinski definition) is 0. The molecule has 0 amide bonds. The van der Waals surface area contributed by atoms with Crippen LogP contribution in [0, 0.1) is 0 Å². The molecule has 0 aromatic heterocycles. The molecule has 0 fully saturated rings. The van der Waals surface area contributed by atoms with Gasteiger partial charge in [0.1, 0.15) is 5.75 Å². The first-order valence-electron chi connectivity index (χ1n) is 4.21. The summed E-state index contributed by atoms with van der Waals surface area (Å²) in [6.07, 6.45) is 2.01. The topological polar surface area (TPSA) is 9.23 Å². The van der Waals surface area contributed by atoms with E-state index in [1.807, 2.05) is 6.26 Å². The van der Waals surface area contributed by atoms with Gasteiger partial charge in [-0.2, -0.15) is 20.5 Å². The molecule has 1 nitrogen and oxygen atoms in total. The van der Waals surface area contributed by atoms with Crippen LogP contribution in [0.4, 0.5) is 8.78 Å². The van der Waals surface area contributed by atoms with Gasteiger partial charge in [-0.15, -0.1) is 0 Å². The van der Waals surface area contributed by atoms with E-state index in [1.54, 1.807) is 36.0 Å². The van der Waals surface area contributed by atoms with Crippen molar-refractivity contribution in [3.63, 3.8) is 0 Å². The second kappa shape index (κ2) is 5.20. The van der Waals surface area contributed by atoms with Gasteiger partial charge >= 0.3 is 6.61 Å². The Bertz CT molecular complexity index is 274. The lowest BCUT2D eigenvalue weighted by Gasteiger charge is -2.09. The lowest BCUT2D eigenvalue weighted by atomic mass is 10.2. The second-order valence-electron chi connectivity index (χ2n) is 2.83. The highest BCUT2D eigenvalue weighted by molar-refractivity contribution is 7.98. The van der Waals surface area contributed by atoms with Crippen LogP contribution in [0.15, 0.2) is 24.3 Å². The lowest BCUT2D eigenvalue weighted by Crippen LogP contribution is -2.01. The number of hydrogen-bond acceptors (Lipinski definition) is 2. The van der Waals surface area contributed by atoms with E-state index in [2.05, 4.69) is 11.7 Å². The zero-order valence-corrected chi connectivity index (χ0v) is 8.85. The van der Waals surface area contributed by atoms with Crippen LogP contribution in [0.25, 0.3) is 0 Å². The van der Waals surface area contributed by atoms with E-state index < -0.39 is 6.61 Å². The van der Waals surface area contributed by atoms with Crippen molar-refractivity contribution >= 4 is 11.8 Å². The maximum atomic E-state index is 11.8. The predicted octanol–water partition coefficient (Wildman–Crippen LogP) is 3.71. The Balaban J connectivity index is 2.68. The van der Waals surface area contributed by atoms with Crippen molar-refractivity contribution in [2.45, 2.75) is 18.8 Å². The first-order valence-corrected chi connectivity index (χ1v) is 5.50. The molecular weight excluding hydrogens is 206 g/mol. The quantitative estimate of drug-likeness (QED) is 0.761. The van der Waals surface area contributed by atoms with Crippen molar-refractivity contribution in [1.29, 1.82) is 0 Å². The van der Waals surface area contributed by atoms with Crippen molar-refractivity contribution in [2.75, 3.05) is 6.26 Å². The minimum atomic E-state index is -2.75. The third-order valence-electron chi connectivity index (χ3n) is 1.93. The average Bonchev–Trinajstić information content (AvgIpc) is 2.17. The van der Waals surface area contributed by atoms with E-state index in [1.165, 1.54) is 0 Å². The summed E-state index contributed by atoms with van der Waals surface area (Å²) in [5, 5.41) is 0.371. The summed E-state index contributed by atoms with van der Waals surface area (Å²) in [6.45, 7) is -0.688. The SMILES string of the molecule is CSC(C)c1ccc(OC(F)F)cc1. The van der Waals surface area contributed by atoms with Crippen molar-refractivity contribution < 1.29 is 13.5 Å². The van der Waals surface area contributed by atoms with Crippen LogP contribution >= 0.6 is 11.8 Å². The first kappa shape index (κ1) is 11.3. The molecule has 0 aliphatic carbocycles. The molecule has 0 bridgehead atoms. The molecule has 1 atom stereocenters. The maximum Gasteiger partial charge on any atom is 0.387 e. The summed E-state index contributed by atoms with van der Waals surface area (Å²) < 4.78 is 27.9. The maximum absolute atomic E-state index is 11.8. The van der Waals surface area contributed by atoms with Gasteiger partial charge in [-0.25, -0.2) is 0 Å². The lowest BCUT2D eigenvalue weighted by molar-refractivity contribution is -0.0498. The van der Waals surface area contributed by atoms with E-state index in [-0.39, 0.29) is 5.75 Å². The van der Waals surface area contributed by atoms with Crippen LogP contribution in [0.5, 0.6) is 5.75 Å². The van der Waals surface area contributed by atoms with Crippen molar-refractivity contribution in [2.24, 2.45) is 0 Å². The van der Waals surface area contributed by atoms with Crippen LogP contribution in [0.3, 0.4) is 0 Å². The normalized spacial score (nSPS) is 12.9. The number of ether oxygens (including phenoxy) is 1. The molecule has 0 aliphatic heterocycles. The molecule has 0 N–H and O–H groups in total. The summed E-state index contributed by atoms with van der Waals surface area (Å²) in [4.78, 5) is 0. The highest BCUT2D eigenvalue weighted by Crippen LogP contribution is 2.27. The largest absolute Gasteiger partial charge is 0.435 e. The number of benzene rings is 1. The van der Waals surface area contributed by atoms with Gasteiger partial charge in [0.05, 0.1) is 0 Å². The van der Waals surface area contributed by atoms with Crippen molar-refractivity contribution in [1.82, 2.24) is 0 Å². The van der Waals surface area contributed by atoms with E-state index in [9.17, 15) is 8.78 Å². The van der Waals surface area contributed by atoms with E-state index >= 15 is 0 Å². The smallest absolute Gasteiger partial charge is 0.387 e. The summed E-state index contributed by atoms with van der Waals surface area (Å²) in [5.41, 5.74) is 1.11. The molecule has 1 aromatic rings. The zero-order valence-electron chi connectivity index (χ0n) is 8.04. The zero-order chi connectivity index (χ0) is 10.6. The van der Waals surface area contributed by atoms with Crippen molar-refractivity contribution in [3.05, 3.63) is 29.8 Å². The summed E-state index contributed by atoms with van der Waals surface area (Å²) >= 11 is 1.71. The van der Waals surface area contributed by atoms with Gasteiger partial charge in [0.2, 0.25) is 0 Å². The summed E-state index contributed by atoms with van der Waals surface area (Å²) in [7, 11) is 0. The predicted molar refractivity (Wildman–Crippen MR) is 55.0 cm³/mol. The molecule has 1 rings (SSSR count). The fourth-order valence-electron chi connectivity index (χ4n) is 1.06. The Labute approximate surface area is 86.5 Å². The average molecular weight is 218 g/mol. The Hall–Kier alpha value is -0.770. The van der Waals surface area contributed by atoms with Gasteiger partial charge in [0.15, 0.2) is 0 Å². The fraction of sp³-hybridized carbons (Fsp3) is 0.400. The molecule has 0 saturated heterocycles. The third kappa shape index (κ3) is 3.18. The third-order valence-corrected chi connectivity index (χ3v) is 2.91. The summed E-state index contributed by atoms with van der Waals surface area (Å²) in [6, 6.07) is 6.74. The van der Waals surface area contributed by atoms with Gasteiger partial charge in [-0.1, -0.05) is 12.1 Å². The minimum absolute atomic E-state index is 0.206. The highest BCUT2D eigenvalue weighted by atomic mass is 32.2. The van der Waals surface area contributed by atoms with Gasteiger partial charge < -0.3 is 4.74 Å². The second-order valence-corrected chi connectivity index (χ2v) is 4.00. The van der Waals surface area contributed by atoms with Crippen molar-refractivity contribution in [3.8, 4) is 5.75 Å². The van der Waals surface area contributed by atoms with Gasteiger partial charge in [-0.3, -0.25) is 0 Å². The van der Waals surface area contributed by atoms with Gasteiger partial charge in [-0.05, 0) is 30.9 Å². The van der Waals surface area contributed by atoms with Gasteiger partial charge in [0, 0.05) is 5.25 Å². The Morgan fingerprint density at radius 3 is 2.21 bits per heavy atom. The van der Waals surface area contributed by atoms with Crippen LogP contribution in [-0.4, -0.2) is 12.9 Å². The molecule has 0 aliphatic rings. The molecule has 0 heterocycles. The Morgan fingerprint density at radius 1 is 1.21 bits per heavy atom. The monoisotopic (exact) mass is 218 g/mol. The molecule has 14 heavy (non-hydrogen) atoms. The molecule has 0 radical (unpaired) electrons. The molecule has 1 unspecified atom stereocenters. The number of thioether (sulfide) groups is 1.